The summed E-state index contributed by atoms with van der Waals surface area (Å²) in [7, 11) is 0. The van der Waals surface area contributed by atoms with E-state index in [9.17, 15) is 10.2 Å². The van der Waals surface area contributed by atoms with Crippen LogP contribution in [-0.2, 0) is 20.1 Å². The second kappa shape index (κ2) is 15.7. The topological polar surface area (TPSA) is 53.4 Å². The van der Waals surface area contributed by atoms with Crippen molar-refractivity contribution in [2.24, 2.45) is 17.8 Å². The number of aryl methyl sites for hydroxylation is 4. The summed E-state index contributed by atoms with van der Waals surface area (Å²) in [5, 5.41) is 21.7. The molecule has 3 aromatic rings. The molecule has 2 unspecified atom stereocenters. The van der Waals surface area contributed by atoms with E-state index in [0.29, 0.717) is 11.8 Å². The Bertz CT molecular complexity index is 1070. The summed E-state index contributed by atoms with van der Waals surface area (Å²) in [6.07, 6.45) is 3.20. The molecule has 2 aromatic carbocycles. The van der Waals surface area contributed by atoms with Gasteiger partial charge in [0.25, 0.3) is 0 Å². The Morgan fingerprint density at radius 2 is 1.27 bits per heavy atom. The molecule has 0 amide bonds. The minimum atomic E-state index is -0.370. The van der Waals surface area contributed by atoms with Crippen molar-refractivity contribution in [3.8, 4) is 11.3 Å². The molecule has 37 heavy (non-hydrogen) atoms. The molecule has 3 nitrogen and oxygen atoms in total. The van der Waals surface area contributed by atoms with Gasteiger partial charge in [-0.15, -0.1) is 34.9 Å². The van der Waals surface area contributed by atoms with Crippen LogP contribution >= 0.6 is 0 Å². The average Bonchev–Trinajstić information content (AvgIpc) is 2.84. The van der Waals surface area contributed by atoms with E-state index in [2.05, 4.69) is 97.9 Å². The number of nitrogens with zero attached hydrogens (tertiary/aromatic N) is 1. The molecule has 0 aliphatic rings. The molecule has 2 N–H and O–H groups in total. The maximum absolute atomic E-state index is 10.2. The first kappa shape index (κ1) is 33.4. The first-order valence-electron chi connectivity index (χ1n) is 13.8. The third kappa shape index (κ3) is 8.99. The summed E-state index contributed by atoms with van der Waals surface area (Å²) >= 11 is 0. The van der Waals surface area contributed by atoms with Crippen LogP contribution in [0.2, 0.25) is 0 Å². The molecule has 3 rings (SSSR count). The number of aromatic nitrogens is 1. The van der Waals surface area contributed by atoms with Crippen LogP contribution in [0.4, 0.5) is 0 Å². The van der Waals surface area contributed by atoms with E-state index in [-0.39, 0.29) is 38.2 Å². The van der Waals surface area contributed by atoms with Gasteiger partial charge in [-0.2, -0.15) is 0 Å². The third-order valence-electron chi connectivity index (χ3n) is 7.72. The molecule has 0 fully saturated rings. The van der Waals surface area contributed by atoms with Crippen molar-refractivity contribution in [1.82, 2.24) is 4.98 Å². The van der Waals surface area contributed by atoms with E-state index in [1.165, 1.54) is 22.1 Å². The van der Waals surface area contributed by atoms with Crippen LogP contribution < -0.4 is 0 Å². The van der Waals surface area contributed by atoms with Crippen LogP contribution in [0, 0.1) is 51.5 Å². The summed E-state index contributed by atoms with van der Waals surface area (Å²) in [5.41, 5.74) is 8.07. The van der Waals surface area contributed by atoms with Crippen molar-refractivity contribution in [3.63, 3.8) is 0 Å². The fraction of sp³-hybridized carbons (Fsp3) is 0.545. The molecule has 0 aliphatic heterocycles. The number of rotatable bonds is 9. The molecule has 1 heterocycles. The second-order valence-corrected chi connectivity index (χ2v) is 10.6. The quantitative estimate of drug-likeness (QED) is 0.224. The van der Waals surface area contributed by atoms with Gasteiger partial charge in [-0.1, -0.05) is 92.3 Å². The zero-order valence-corrected chi connectivity index (χ0v) is 26.7. The minimum Gasteiger partial charge on any atom is -0.392 e. The van der Waals surface area contributed by atoms with Crippen molar-refractivity contribution in [1.29, 1.82) is 0 Å². The largest absolute Gasteiger partial charge is 0.392 e. The maximum atomic E-state index is 10.2. The maximum Gasteiger partial charge on any atom is 0.0618 e. The standard InChI is InChI=1S/C19H18N.C14H30O2.Ir/c1-12-7-13(2)10-16(9-12)18-6-5-17-15(4)8-14(3)11-19(17)20-18;1-6-11(7-2)13(15)10(5)14(16)12(8-3)9-4;/h5-9,11H,1-4H3;10-16H,6-9H2,1-5H3;/q-1;;. The fourth-order valence-corrected chi connectivity index (χ4v) is 5.38. The average molecular weight is 683 g/mol. The zero-order chi connectivity index (χ0) is 27.0. The van der Waals surface area contributed by atoms with Crippen molar-refractivity contribution < 1.29 is 30.3 Å². The van der Waals surface area contributed by atoms with Gasteiger partial charge in [0.1, 0.15) is 0 Å². The SMILES string of the molecule is CCC(CC)C(O)C(C)C(O)C(CC)CC.Cc1[c-]c(-c2ccc3c(C)cc(C)cc3n2)cc(C)c1.[Ir]. The number of benzene rings is 2. The number of hydrogen-bond acceptors (Lipinski definition) is 3. The number of pyridine rings is 1. The van der Waals surface area contributed by atoms with Crippen LogP contribution in [0.5, 0.6) is 0 Å². The van der Waals surface area contributed by atoms with Crippen LogP contribution in [0.1, 0.15) is 82.6 Å². The normalized spacial score (nSPS) is 13.6. The van der Waals surface area contributed by atoms with E-state index in [0.717, 1.165) is 48.0 Å². The van der Waals surface area contributed by atoms with E-state index in [1.54, 1.807) is 0 Å². The van der Waals surface area contributed by atoms with Gasteiger partial charge < -0.3 is 10.2 Å². The van der Waals surface area contributed by atoms with Gasteiger partial charge in [0.2, 0.25) is 0 Å². The molecule has 1 aromatic heterocycles. The number of fused-ring (bicyclic) bond motifs is 1. The van der Waals surface area contributed by atoms with Gasteiger partial charge in [-0.05, 0) is 48.6 Å². The molecule has 0 bridgehead atoms. The van der Waals surface area contributed by atoms with Crippen molar-refractivity contribution in [3.05, 3.63) is 64.7 Å². The van der Waals surface area contributed by atoms with Crippen molar-refractivity contribution >= 4 is 10.9 Å². The Kier molecular flexibility index (Phi) is 14.2. The molecule has 207 valence electrons. The van der Waals surface area contributed by atoms with Gasteiger partial charge in [0.15, 0.2) is 0 Å². The molecular weight excluding hydrogens is 635 g/mol. The molecular formula is C33H48IrNO2-. The summed E-state index contributed by atoms with van der Waals surface area (Å²) in [5.74, 6) is 0.618. The summed E-state index contributed by atoms with van der Waals surface area (Å²) in [4.78, 5) is 4.82. The first-order valence-corrected chi connectivity index (χ1v) is 13.8. The van der Waals surface area contributed by atoms with Crippen LogP contribution in [0.15, 0.2) is 36.4 Å². The minimum absolute atomic E-state index is 0. The van der Waals surface area contributed by atoms with Gasteiger partial charge in [-0.25, -0.2) is 0 Å². The Labute approximate surface area is 239 Å². The molecule has 2 atom stereocenters. The molecule has 0 saturated heterocycles. The van der Waals surface area contributed by atoms with Gasteiger partial charge in [0, 0.05) is 31.4 Å². The predicted molar refractivity (Wildman–Crippen MR) is 154 cm³/mol. The van der Waals surface area contributed by atoms with Gasteiger partial charge >= 0.3 is 0 Å². The Balaban J connectivity index is 0.000000372. The molecule has 0 aliphatic carbocycles. The smallest absolute Gasteiger partial charge is 0.0618 e. The fourth-order valence-electron chi connectivity index (χ4n) is 5.38. The summed E-state index contributed by atoms with van der Waals surface area (Å²) < 4.78 is 0. The Morgan fingerprint density at radius 3 is 1.76 bits per heavy atom. The van der Waals surface area contributed by atoms with Gasteiger partial charge in [-0.3, -0.25) is 4.98 Å². The van der Waals surface area contributed by atoms with Crippen LogP contribution in [-0.4, -0.2) is 27.4 Å². The molecule has 0 saturated carbocycles. The number of hydrogen-bond donors (Lipinski definition) is 2. The van der Waals surface area contributed by atoms with E-state index in [4.69, 9.17) is 4.98 Å². The number of aliphatic hydroxyl groups excluding tert-OH is 2. The Hall–Kier alpha value is -1.58. The summed E-state index contributed by atoms with van der Waals surface area (Å²) in [6.45, 7) is 18.8. The van der Waals surface area contributed by atoms with Crippen LogP contribution in [0.25, 0.3) is 22.2 Å². The molecule has 0 spiro atoms. The first-order chi connectivity index (χ1) is 17.1. The predicted octanol–water partition coefficient (Wildman–Crippen LogP) is 8.15. The molecule has 1 radical (unpaired) electrons. The monoisotopic (exact) mass is 683 g/mol. The van der Waals surface area contributed by atoms with E-state index >= 15 is 0 Å². The van der Waals surface area contributed by atoms with Crippen molar-refractivity contribution in [2.75, 3.05) is 0 Å². The Morgan fingerprint density at radius 1 is 0.757 bits per heavy atom. The third-order valence-corrected chi connectivity index (χ3v) is 7.72. The van der Waals surface area contributed by atoms with Crippen molar-refractivity contribution in [2.45, 2.75) is 100 Å². The van der Waals surface area contributed by atoms with E-state index in [1.807, 2.05) is 6.92 Å². The number of aliphatic hydroxyl groups is 2. The van der Waals surface area contributed by atoms with E-state index < -0.39 is 0 Å². The second-order valence-electron chi connectivity index (χ2n) is 10.6. The summed E-state index contributed by atoms with van der Waals surface area (Å²) in [6, 6.07) is 16.3. The van der Waals surface area contributed by atoms with Crippen LogP contribution in [0.3, 0.4) is 0 Å². The molecule has 4 heteroatoms. The van der Waals surface area contributed by atoms with Gasteiger partial charge in [0.05, 0.1) is 17.7 Å². The zero-order valence-electron chi connectivity index (χ0n) is 24.4.